The Hall–Kier alpha value is -1.11. The van der Waals surface area contributed by atoms with Crippen LogP contribution in [0.5, 0.6) is 0 Å². The van der Waals surface area contributed by atoms with Crippen LogP contribution >= 0.6 is 0 Å². The first-order valence-electron chi connectivity index (χ1n) is 3.81. The monoisotopic (exact) mass is 147 g/mol. The summed E-state index contributed by atoms with van der Waals surface area (Å²) in [6, 6.07) is 6.07. The fourth-order valence-electron chi connectivity index (χ4n) is 0.911. The summed E-state index contributed by atoms with van der Waals surface area (Å²) in [7, 11) is 0. The van der Waals surface area contributed by atoms with Gasteiger partial charge in [0.1, 0.15) is 0 Å². The predicted molar refractivity (Wildman–Crippen MR) is 48.3 cm³/mol. The third-order valence-electron chi connectivity index (χ3n) is 1.73. The van der Waals surface area contributed by atoms with E-state index in [1.165, 1.54) is 5.57 Å². The molecule has 0 amide bonds. The highest BCUT2D eigenvalue weighted by atomic mass is 14.7. The summed E-state index contributed by atoms with van der Waals surface area (Å²) in [5.74, 6) is 0. The van der Waals surface area contributed by atoms with Crippen molar-refractivity contribution in [3.63, 3.8) is 0 Å². The molecule has 0 fully saturated rings. The van der Waals surface area contributed by atoms with E-state index in [0.29, 0.717) is 0 Å². The molecule has 1 nitrogen and oxygen atoms in total. The molecular weight excluding hydrogens is 134 g/mol. The van der Waals surface area contributed by atoms with E-state index in [1.54, 1.807) is 0 Å². The molecule has 0 spiro atoms. The quantitative estimate of drug-likeness (QED) is 0.595. The van der Waals surface area contributed by atoms with Crippen molar-refractivity contribution < 1.29 is 0 Å². The Labute approximate surface area is 67.8 Å². The van der Waals surface area contributed by atoms with Crippen molar-refractivity contribution in [2.45, 2.75) is 20.8 Å². The maximum absolute atomic E-state index is 4.38. The predicted octanol–water partition coefficient (Wildman–Crippen LogP) is 2.81. The Morgan fingerprint density at radius 1 is 1.45 bits per heavy atom. The van der Waals surface area contributed by atoms with Gasteiger partial charge in [0.2, 0.25) is 0 Å². The summed E-state index contributed by atoms with van der Waals surface area (Å²) in [6.07, 6.45) is 2.07. The van der Waals surface area contributed by atoms with Crippen LogP contribution in [0.25, 0.3) is 5.57 Å². The fraction of sp³-hybridized carbons (Fsp3) is 0.300. The second-order valence-electron chi connectivity index (χ2n) is 2.64. The van der Waals surface area contributed by atoms with Crippen LogP contribution in [0.2, 0.25) is 0 Å². The molecule has 0 N–H and O–H groups in total. The molecule has 1 heterocycles. The molecule has 0 aliphatic carbocycles. The minimum absolute atomic E-state index is 1.07. The lowest BCUT2D eigenvalue weighted by Gasteiger charge is -1.99. The van der Waals surface area contributed by atoms with E-state index < -0.39 is 0 Å². The zero-order valence-electron chi connectivity index (χ0n) is 7.26. The van der Waals surface area contributed by atoms with Crippen LogP contribution in [0.1, 0.15) is 25.2 Å². The molecule has 0 aliphatic heterocycles. The molecule has 58 valence electrons. The first-order valence-corrected chi connectivity index (χ1v) is 3.81. The first kappa shape index (κ1) is 7.99. The van der Waals surface area contributed by atoms with Crippen molar-refractivity contribution in [2.24, 2.45) is 0 Å². The van der Waals surface area contributed by atoms with E-state index >= 15 is 0 Å². The number of aryl methyl sites for hydroxylation is 1. The highest BCUT2D eigenvalue weighted by Crippen LogP contribution is 2.09. The molecule has 0 atom stereocenters. The molecule has 0 bridgehead atoms. The standard InChI is InChI=1S/C10H13N/c1-4-8(2)10-7-5-6-9(3)11-10/h4-7H,1-3H3. The molecule has 11 heavy (non-hydrogen) atoms. The number of aromatic nitrogens is 1. The molecule has 1 aromatic rings. The van der Waals surface area contributed by atoms with Crippen LogP contribution < -0.4 is 0 Å². The number of rotatable bonds is 1. The molecule has 0 saturated heterocycles. The Balaban J connectivity index is 3.06. The molecule has 0 aromatic carbocycles. The van der Waals surface area contributed by atoms with Crippen molar-refractivity contribution >= 4 is 5.57 Å². The van der Waals surface area contributed by atoms with E-state index in [2.05, 4.69) is 18.0 Å². The molecule has 0 aliphatic rings. The largest absolute Gasteiger partial charge is 0.254 e. The van der Waals surface area contributed by atoms with E-state index in [1.807, 2.05) is 32.0 Å². The lowest BCUT2D eigenvalue weighted by Crippen LogP contribution is -1.87. The fourth-order valence-corrected chi connectivity index (χ4v) is 0.911. The zero-order valence-corrected chi connectivity index (χ0v) is 7.26. The van der Waals surface area contributed by atoms with E-state index in [0.717, 1.165) is 11.4 Å². The summed E-state index contributed by atoms with van der Waals surface area (Å²) in [4.78, 5) is 4.38. The van der Waals surface area contributed by atoms with Crippen molar-refractivity contribution in [3.05, 3.63) is 35.7 Å². The lowest BCUT2D eigenvalue weighted by atomic mass is 10.2. The summed E-state index contributed by atoms with van der Waals surface area (Å²) in [5, 5.41) is 0. The van der Waals surface area contributed by atoms with Gasteiger partial charge in [0.05, 0.1) is 5.69 Å². The topological polar surface area (TPSA) is 12.9 Å². The Morgan fingerprint density at radius 2 is 2.18 bits per heavy atom. The van der Waals surface area contributed by atoms with Crippen LogP contribution in [-0.4, -0.2) is 4.98 Å². The minimum atomic E-state index is 1.07. The van der Waals surface area contributed by atoms with Gasteiger partial charge in [0.15, 0.2) is 0 Å². The van der Waals surface area contributed by atoms with E-state index in [9.17, 15) is 0 Å². The van der Waals surface area contributed by atoms with E-state index in [-0.39, 0.29) is 0 Å². The number of pyridine rings is 1. The van der Waals surface area contributed by atoms with Gasteiger partial charge in [-0.15, -0.1) is 0 Å². The molecule has 0 radical (unpaired) electrons. The Bertz CT molecular complexity index is 274. The van der Waals surface area contributed by atoms with Crippen LogP contribution in [0, 0.1) is 6.92 Å². The van der Waals surface area contributed by atoms with Gasteiger partial charge in [-0.05, 0) is 38.5 Å². The third kappa shape index (κ3) is 1.90. The smallest absolute Gasteiger partial charge is 0.0658 e. The van der Waals surface area contributed by atoms with Crippen molar-refractivity contribution in [2.75, 3.05) is 0 Å². The Kier molecular flexibility index (Phi) is 2.42. The first-order chi connectivity index (χ1) is 5.24. The van der Waals surface area contributed by atoms with Crippen LogP contribution in [0.4, 0.5) is 0 Å². The highest BCUT2D eigenvalue weighted by Gasteiger charge is 1.94. The second-order valence-corrected chi connectivity index (χ2v) is 2.64. The van der Waals surface area contributed by atoms with E-state index in [4.69, 9.17) is 0 Å². The van der Waals surface area contributed by atoms with Gasteiger partial charge in [-0.1, -0.05) is 12.1 Å². The highest BCUT2D eigenvalue weighted by molar-refractivity contribution is 5.59. The SMILES string of the molecule is CC=C(C)c1cccc(C)n1. The minimum Gasteiger partial charge on any atom is -0.254 e. The average Bonchev–Trinajstić information content (AvgIpc) is 2.03. The molecule has 1 aromatic heterocycles. The summed E-state index contributed by atoms with van der Waals surface area (Å²) in [5.41, 5.74) is 3.38. The molecule has 1 heteroatoms. The number of hydrogen-bond donors (Lipinski definition) is 0. The van der Waals surface area contributed by atoms with Gasteiger partial charge >= 0.3 is 0 Å². The summed E-state index contributed by atoms with van der Waals surface area (Å²) in [6.45, 7) is 6.10. The maximum atomic E-state index is 4.38. The van der Waals surface area contributed by atoms with Crippen LogP contribution in [0.15, 0.2) is 24.3 Å². The molecular formula is C10H13N. The van der Waals surface area contributed by atoms with Gasteiger partial charge in [0.25, 0.3) is 0 Å². The van der Waals surface area contributed by atoms with Gasteiger partial charge in [-0.2, -0.15) is 0 Å². The number of nitrogens with zero attached hydrogens (tertiary/aromatic N) is 1. The van der Waals surface area contributed by atoms with Gasteiger partial charge in [-0.25, -0.2) is 0 Å². The lowest BCUT2D eigenvalue weighted by molar-refractivity contribution is 1.16. The third-order valence-corrected chi connectivity index (χ3v) is 1.73. The van der Waals surface area contributed by atoms with Crippen LogP contribution in [0.3, 0.4) is 0 Å². The average molecular weight is 147 g/mol. The van der Waals surface area contributed by atoms with Gasteiger partial charge in [-0.3, -0.25) is 4.98 Å². The normalized spacial score (nSPS) is 11.7. The second kappa shape index (κ2) is 3.33. The molecule has 1 rings (SSSR count). The van der Waals surface area contributed by atoms with Gasteiger partial charge < -0.3 is 0 Å². The van der Waals surface area contributed by atoms with Crippen molar-refractivity contribution in [1.82, 2.24) is 4.98 Å². The zero-order chi connectivity index (χ0) is 8.27. The summed E-state index contributed by atoms with van der Waals surface area (Å²) >= 11 is 0. The van der Waals surface area contributed by atoms with Crippen molar-refractivity contribution in [1.29, 1.82) is 0 Å². The molecule has 0 unspecified atom stereocenters. The van der Waals surface area contributed by atoms with Crippen LogP contribution in [-0.2, 0) is 0 Å². The van der Waals surface area contributed by atoms with Crippen molar-refractivity contribution in [3.8, 4) is 0 Å². The summed E-state index contributed by atoms with van der Waals surface area (Å²) < 4.78 is 0. The maximum Gasteiger partial charge on any atom is 0.0658 e. The molecule has 0 saturated carbocycles. The number of allylic oxidation sites excluding steroid dienone is 2. The van der Waals surface area contributed by atoms with Gasteiger partial charge in [0, 0.05) is 5.69 Å². The Morgan fingerprint density at radius 3 is 2.73 bits per heavy atom. The number of hydrogen-bond acceptors (Lipinski definition) is 1.